The molecule has 1 aromatic heterocycles. The average Bonchev–Trinajstić information content (AvgIpc) is 2.16. The lowest BCUT2D eigenvalue weighted by molar-refractivity contribution is -0.116. The van der Waals surface area contributed by atoms with Gasteiger partial charge in [0.05, 0.1) is 6.54 Å². The van der Waals surface area contributed by atoms with Gasteiger partial charge < -0.3 is 4.74 Å². The summed E-state index contributed by atoms with van der Waals surface area (Å²) in [5.41, 5.74) is 0. The molecule has 5 heteroatoms. The Bertz CT molecular complexity index is 381. The fraction of sp³-hybridized carbons (Fsp3) is 0.333. The molecule has 14 heavy (non-hydrogen) atoms. The highest BCUT2D eigenvalue weighted by atomic mass is 79.9. The van der Waals surface area contributed by atoms with E-state index in [1.54, 1.807) is 11.0 Å². The van der Waals surface area contributed by atoms with Crippen LogP contribution >= 0.6 is 15.9 Å². The summed E-state index contributed by atoms with van der Waals surface area (Å²) in [4.78, 5) is 17.1. The molecule has 1 aliphatic heterocycles. The van der Waals surface area contributed by atoms with Gasteiger partial charge in [-0.1, -0.05) is 0 Å². The van der Waals surface area contributed by atoms with Gasteiger partial charge in [-0.3, -0.25) is 9.69 Å². The normalized spacial score (nSPS) is 14.6. The molecule has 1 amide bonds. The zero-order valence-corrected chi connectivity index (χ0v) is 9.24. The van der Waals surface area contributed by atoms with Crippen LogP contribution in [0.2, 0.25) is 0 Å². The van der Waals surface area contributed by atoms with Crippen molar-refractivity contribution in [1.29, 1.82) is 0 Å². The molecule has 0 unspecified atom stereocenters. The van der Waals surface area contributed by atoms with Crippen LogP contribution in [0.1, 0.15) is 6.92 Å². The molecule has 74 valence electrons. The Kier molecular flexibility index (Phi) is 2.41. The van der Waals surface area contributed by atoms with Crippen molar-refractivity contribution in [3.05, 3.63) is 16.7 Å². The molecule has 0 aliphatic carbocycles. The third kappa shape index (κ3) is 1.59. The van der Waals surface area contributed by atoms with Gasteiger partial charge in [-0.15, -0.1) is 0 Å². The molecule has 1 aromatic rings. The lowest BCUT2D eigenvalue weighted by Crippen LogP contribution is -2.37. The number of hydrogen-bond acceptors (Lipinski definition) is 3. The van der Waals surface area contributed by atoms with Crippen LogP contribution in [0.25, 0.3) is 0 Å². The number of carbonyl (C=O) groups excluding carboxylic acids is 1. The van der Waals surface area contributed by atoms with Crippen LogP contribution in [0.5, 0.6) is 5.75 Å². The van der Waals surface area contributed by atoms with Gasteiger partial charge >= 0.3 is 0 Å². The monoisotopic (exact) mass is 256 g/mol. The maximum absolute atomic E-state index is 11.3. The van der Waals surface area contributed by atoms with E-state index in [1.165, 1.54) is 6.92 Å². The van der Waals surface area contributed by atoms with Crippen molar-refractivity contribution in [3.63, 3.8) is 0 Å². The van der Waals surface area contributed by atoms with Crippen LogP contribution in [0.15, 0.2) is 16.7 Å². The molecule has 0 bridgehead atoms. The summed E-state index contributed by atoms with van der Waals surface area (Å²) in [6.45, 7) is 2.61. The minimum Gasteiger partial charge on any atom is -0.488 e. The maximum atomic E-state index is 11.3. The summed E-state index contributed by atoms with van der Waals surface area (Å²) in [7, 11) is 0. The van der Waals surface area contributed by atoms with E-state index >= 15 is 0 Å². The Labute approximate surface area is 90.0 Å². The van der Waals surface area contributed by atoms with Gasteiger partial charge in [-0.25, -0.2) is 4.98 Å². The number of pyridine rings is 1. The average molecular weight is 257 g/mol. The number of rotatable bonds is 0. The quantitative estimate of drug-likeness (QED) is 0.663. The van der Waals surface area contributed by atoms with Crippen LogP contribution < -0.4 is 9.64 Å². The van der Waals surface area contributed by atoms with Crippen molar-refractivity contribution in [2.45, 2.75) is 6.92 Å². The Morgan fingerprint density at radius 1 is 1.64 bits per heavy atom. The standard InChI is InChI=1S/C9H9BrN2O2/c1-6(13)12-4-5-14-7-2-3-8(10)11-9(7)12/h2-3H,4-5H2,1H3. The van der Waals surface area contributed by atoms with Gasteiger partial charge in [0.15, 0.2) is 11.6 Å². The van der Waals surface area contributed by atoms with E-state index < -0.39 is 0 Å². The number of ether oxygens (including phenoxy) is 1. The van der Waals surface area contributed by atoms with E-state index in [9.17, 15) is 4.79 Å². The van der Waals surface area contributed by atoms with E-state index in [0.29, 0.717) is 29.3 Å². The summed E-state index contributed by atoms with van der Waals surface area (Å²) in [6, 6.07) is 3.60. The number of halogens is 1. The summed E-state index contributed by atoms with van der Waals surface area (Å²) in [6.07, 6.45) is 0. The Morgan fingerprint density at radius 3 is 3.14 bits per heavy atom. The van der Waals surface area contributed by atoms with Crippen LogP contribution in [0.4, 0.5) is 5.82 Å². The highest BCUT2D eigenvalue weighted by Crippen LogP contribution is 2.30. The first-order valence-electron chi connectivity index (χ1n) is 4.26. The summed E-state index contributed by atoms with van der Waals surface area (Å²) >= 11 is 3.26. The summed E-state index contributed by atoms with van der Waals surface area (Å²) < 4.78 is 6.08. The highest BCUT2D eigenvalue weighted by Gasteiger charge is 2.22. The second-order valence-corrected chi connectivity index (χ2v) is 3.79. The Balaban J connectivity index is 2.46. The largest absolute Gasteiger partial charge is 0.488 e. The van der Waals surface area contributed by atoms with Crippen molar-refractivity contribution < 1.29 is 9.53 Å². The molecule has 0 radical (unpaired) electrons. The predicted octanol–water partition coefficient (Wildman–Crippen LogP) is 1.59. The molecule has 2 rings (SSSR count). The molecule has 0 spiro atoms. The van der Waals surface area contributed by atoms with E-state index in [2.05, 4.69) is 20.9 Å². The lowest BCUT2D eigenvalue weighted by atomic mass is 10.3. The first kappa shape index (κ1) is 9.45. The molecule has 0 saturated heterocycles. The molecule has 2 heterocycles. The number of fused-ring (bicyclic) bond motifs is 1. The van der Waals surface area contributed by atoms with Crippen molar-refractivity contribution in [3.8, 4) is 5.75 Å². The van der Waals surface area contributed by atoms with Crippen molar-refractivity contribution in [2.24, 2.45) is 0 Å². The van der Waals surface area contributed by atoms with Gasteiger partial charge in [-0.2, -0.15) is 0 Å². The van der Waals surface area contributed by atoms with Gasteiger partial charge in [0.2, 0.25) is 5.91 Å². The van der Waals surface area contributed by atoms with Crippen molar-refractivity contribution in [2.75, 3.05) is 18.1 Å². The smallest absolute Gasteiger partial charge is 0.225 e. The Hall–Kier alpha value is -1.10. The fourth-order valence-electron chi connectivity index (χ4n) is 1.38. The van der Waals surface area contributed by atoms with E-state index in [4.69, 9.17) is 4.74 Å². The predicted molar refractivity (Wildman–Crippen MR) is 55.5 cm³/mol. The maximum Gasteiger partial charge on any atom is 0.225 e. The molecule has 0 fully saturated rings. The molecule has 0 aromatic carbocycles. The number of hydrogen-bond donors (Lipinski definition) is 0. The van der Waals surface area contributed by atoms with Crippen molar-refractivity contribution in [1.82, 2.24) is 4.98 Å². The second-order valence-electron chi connectivity index (χ2n) is 2.97. The third-order valence-electron chi connectivity index (χ3n) is 2.01. The Morgan fingerprint density at radius 2 is 2.43 bits per heavy atom. The summed E-state index contributed by atoms with van der Waals surface area (Å²) in [5.74, 6) is 1.24. The van der Waals surface area contributed by atoms with E-state index in [-0.39, 0.29) is 5.91 Å². The SMILES string of the molecule is CC(=O)N1CCOc2ccc(Br)nc21. The number of aromatic nitrogens is 1. The molecule has 0 atom stereocenters. The van der Waals surface area contributed by atoms with Gasteiger partial charge in [0.25, 0.3) is 0 Å². The van der Waals surface area contributed by atoms with Gasteiger partial charge in [0, 0.05) is 6.92 Å². The van der Waals surface area contributed by atoms with Crippen molar-refractivity contribution >= 4 is 27.7 Å². The zero-order valence-electron chi connectivity index (χ0n) is 7.66. The minimum atomic E-state index is -0.0137. The molecule has 0 N–H and O–H groups in total. The van der Waals surface area contributed by atoms with Crippen LogP contribution in [0.3, 0.4) is 0 Å². The topological polar surface area (TPSA) is 42.4 Å². The molecular formula is C9H9BrN2O2. The minimum absolute atomic E-state index is 0.0137. The van der Waals surface area contributed by atoms with Crippen LogP contribution in [-0.2, 0) is 4.79 Å². The molecule has 1 aliphatic rings. The molecule has 4 nitrogen and oxygen atoms in total. The van der Waals surface area contributed by atoms with Gasteiger partial charge in [0.1, 0.15) is 11.2 Å². The molecular weight excluding hydrogens is 248 g/mol. The van der Waals surface area contributed by atoms with E-state index in [1.807, 2.05) is 6.07 Å². The van der Waals surface area contributed by atoms with Crippen LogP contribution in [-0.4, -0.2) is 24.0 Å². The fourth-order valence-corrected chi connectivity index (χ4v) is 1.68. The van der Waals surface area contributed by atoms with Gasteiger partial charge in [-0.05, 0) is 28.1 Å². The van der Waals surface area contributed by atoms with E-state index in [0.717, 1.165) is 0 Å². The number of anilines is 1. The second kappa shape index (κ2) is 3.57. The molecule has 0 saturated carbocycles. The number of amides is 1. The third-order valence-corrected chi connectivity index (χ3v) is 2.46. The lowest BCUT2D eigenvalue weighted by Gasteiger charge is -2.27. The number of carbonyl (C=O) groups is 1. The van der Waals surface area contributed by atoms with Crippen LogP contribution in [0, 0.1) is 0 Å². The number of nitrogens with zero attached hydrogens (tertiary/aromatic N) is 2. The highest BCUT2D eigenvalue weighted by molar-refractivity contribution is 9.10. The summed E-state index contributed by atoms with van der Waals surface area (Å²) in [5, 5.41) is 0. The zero-order chi connectivity index (χ0) is 10.1. The first-order valence-corrected chi connectivity index (χ1v) is 5.05. The first-order chi connectivity index (χ1) is 6.68.